The van der Waals surface area contributed by atoms with E-state index in [-0.39, 0.29) is 29.9 Å². The number of rotatable bonds is 4. The molecule has 2 saturated heterocycles. The summed E-state index contributed by atoms with van der Waals surface area (Å²) >= 11 is 0. The van der Waals surface area contributed by atoms with Crippen molar-refractivity contribution in [2.75, 3.05) is 37.6 Å². The number of urea groups is 1. The second kappa shape index (κ2) is 8.90. The van der Waals surface area contributed by atoms with Crippen molar-refractivity contribution in [1.82, 2.24) is 25.2 Å². The van der Waals surface area contributed by atoms with Crippen LogP contribution in [0.5, 0.6) is 0 Å². The molecular formula is C23H21F3N6O4. The molecule has 0 saturated carbocycles. The van der Waals surface area contributed by atoms with Gasteiger partial charge in [-0.2, -0.15) is 18.2 Å². The lowest BCUT2D eigenvalue weighted by Crippen LogP contribution is -2.58. The van der Waals surface area contributed by atoms with Crippen LogP contribution in [0.2, 0.25) is 0 Å². The third-order valence-corrected chi connectivity index (χ3v) is 6.37. The van der Waals surface area contributed by atoms with Crippen LogP contribution in [0.4, 0.5) is 23.8 Å². The maximum Gasteiger partial charge on any atom is 0.419 e. The van der Waals surface area contributed by atoms with Crippen molar-refractivity contribution in [3.05, 3.63) is 58.8 Å². The zero-order chi connectivity index (χ0) is 25.6. The minimum atomic E-state index is -4.49. The van der Waals surface area contributed by atoms with Gasteiger partial charge >= 0.3 is 12.2 Å². The number of hydrogen-bond acceptors (Lipinski definition) is 7. The molecule has 0 bridgehead atoms. The number of anilines is 1. The number of alkyl halides is 3. The van der Waals surface area contributed by atoms with Crippen molar-refractivity contribution < 1.29 is 32.3 Å². The molecule has 0 atom stereocenters. The van der Waals surface area contributed by atoms with E-state index in [4.69, 9.17) is 0 Å². The average Bonchev–Trinajstić information content (AvgIpc) is 3.09. The molecule has 5 amide bonds. The van der Waals surface area contributed by atoms with Crippen LogP contribution in [0.25, 0.3) is 0 Å². The van der Waals surface area contributed by atoms with Crippen LogP contribution < -0.4 is 10.2 Å². The van der Waals surface area contributed by atoms with Gasteiger partial charge in [0.1, 0.15) is 5.82 Å². The van der Waals surface area contributed by atoms with Crippen molar-refractivity contribution in [3.8, 4) is 0 Å². The number of fused-ring (bicyclic) bond motifs is 1. The van der Waals surface area contributed by atoms with Gasteiger partial charge in [0.05, 0.1) is 23.2 Å². The maximum absolute atomic E-state index is 13.3. The first-order chi connectivity index (χ1) is 17.1. The lowest BCUT2D eigenvalue weighted by Gasteiger charge is -2.36. The number of hydrogen-bond donors (Lipinski definition) is 1. The van der Waals surface area contributed by atoms with E-state index in [9.17, 15) is 32.3 Å². The first-order valence-electron chi connectivity index (χ1n) is 11.3. The van der Waals surface area contributed by atoms with Crippen molar-refractivity contribution >= 4 is 29.6 Å². The maximum atomic E-state index is 13.3. The van der Waals surface area contributed by atoms with Crippen LogP contribution in [-0.4, -0.2) is 76.4 Å². The lowest BCUT2D eigenvalue weighted by atomic mass is 10.1. The van der Waals surface area contributed by atoms with Gasteiger partial charge < -0.3 is 4.90 Å². The van der Waals surface area contributed by atoms with Gasteiger partial charge in [0, 0.05) is 45.3 Å². The van der Waals surface area contributed by atoms with Crippen LogP contribution in [0.1, 0.15) is 38.3 Å². The lowest BCUT2D eigenvalue weighted by molar-refractivity contribution is -0.137. The zero-order valence-corrected chi connectivity index (χ0v) is 18.9. The normalized spacial score (nSPS) is 19.1. The van der Waals surface area contributed by atoms with E-state index in [2.05, 4.69) is 10.3 Å². The fourth-order valence-electron chi connectivity index (χ4n) is 4.59. The van der Waals surface area contributed by atoms with Crippen molar-refractivity contribution in [1.29, 1.82) is 0 Å². The number of imide groups is 2. The number of pyridine rings is 1. The number of nitrogens with zero attached hydrogens (tertiary/aromatic N) is 5. The first-order valence-corrected chi connectivity index (χ1v) is 11.3. The highest BCUT2D eigenvalue weighted by Crippen LogP contribution is 2.35. The summed E-state index contributed by atoms with van der Waals surface area (Å²) in [6, 6.07) is 6.28. The van der Waals surface area contributed by atoms with Crippen LogP contribution in [0.15, 0.2) is 36.5 Å². The molecule has 188 valence electrons. The number of halogens is 3. The quantitative estimate of drug-likeness (QED) is 0.637. The van der Waals surface area contributed by atoms with E-state index in [1.54, 1.807) is 17.0 Å². The minimum absolute atomic E-state index is 0.0284. The van der Waals surface area contributed by atoms with Gasteiger partial charge in [-0.3, -0.25) is 24.6 Å². The summed E-state index contributed by atoms with van der Waals surface area (Å²) in [5, 5.41) is 3.77. The predicted molar refractivity (Wildman–Crippen MR) is 119 cm³/mol. The van der Waals surface area contributed by atoms with Crippen LogP contribution in [0, 0.1) is 0 Å². The number of amides is 5. The molecular weight excluding hydrogens is 481 g/mol. The SMILES string of the molecule is O=C1CCN(N2C(=O)c3ccc(CN4CCN(c5ncccc5C(F)(F)F)CC4)cc3C2=O)C(=O)N1. The van der Waals surface area contributed by atoms with Gasteiger partial charge in [0.15, 0.2) is 0 Å². The highest BCUT2D eigenvalue weighted by atomic mass is 19.4. The molecule has 10 nitrogen and oxygen atoms in total. The first kappa shape index (κ1) is 23.7. The molecule has 1 aromatic carbocycles. The Balaban J connectivity index is 1.26. The molecule has 13 heteroatoms. The molecule has 4 heterocycles. The topological polar surface area (TPSA) is 106 Å². The molecule has 36 heavy (non-hydrogen) atoms. The van der Waals surface area contributed by atoms with Crippen molar-refractivity contribution in [2.45, 2.75) is 19.1 Å². The number of aromatic nitrogens is 1. The van der Waals surface area contributed by atoms with E-state index >= 15 is 0 Å². The average molecular weight is 502 g/mol. The molecule has 0 radical (unpaired) electrons. The molecule has 0 unspecified atom stereocenters. The van der Waals surface area contributed by atoms with Gasteiger partial charge in [-0.05, 0) is 29.8 Å². The van der Waals surface area contributed by atoms with Gasteiger partial charge in [-0.1, -0.05) is 6.07 Å². The summed E-state index contributed by atoms with van der Waals surface area (Å²) in [6.45, 7) is 1.99. The predicted octanol–water partition coefficient (Wildman–Crippen LogP) is 1.88. The summed E-state index contributed by atoms with van der Waals surface area (Å²) in [4.78, 5) is 56.9. The van der Waals surface area contributed by atoms with E-state index in [1.165, 1.54) is 18.3 Å². The molecule has 1 N–H and O–H groups in total. The summed E-state index contributed by atoms with van der Waals surface area (Å²) in [7, 11) is 0. The third kappa shape index (κ3) is 4.26. The van der Waals surface area contributed by atoms with E-state index in [1.807, 2.05) is 4.90 Å². The number of nitrogens with one attached hydrogen (secondary N) is 1. The molecule has 1 aromatic heterocycles. The number of benzene rings is 1. The summed E-state index contributed by atoms with van der Waals surface area (Å²) < 4.78 is 40.0. The molecule has 3 aliphatic heterocycles. The smallest absolute Gasteiger partial charge is 0.354 e. The second-order valence-corrected chi connectivity index (χ2v) is 8.66. The zero-order valence-electron chi connectivity index (χ0n) is 18.9. The number of carbonyl (C=O) groups is 4. The van der Waals surface area contributed by atoms with Gasteiger partial charge in [-0.25, -0.2) is 14.8 Å². The van der Waals surface area contributed by atoms with E-state index in [0.717, 1.165) is 21.6 Å². The Morgan fingerprint density at radius 1 is 0.917 bits per heavy atom. The minimum Gasteiger partial charge on any atom is -0.354 e. The van der Waals surface area contributed by atoms with Gasteiger partial charge in [0.2, 0.25) is 5.91 Å². The Labute approximate surface area is 203 Å². The molecule has 3 aliphatic rings. The number of piperazine rings is 1. The van der Waals surface area contributed by atoms with Crippen molar-refractivity contribution in [2.24, 2.45) is 0 Å². The molecule has 0 spiro atoms. The van der Waals surface area contributed by atoms with E-state index in [0.29, 0.717) is 32.7 Å². The Morgan fingerprint density at radius 3 is 2.33 bits per heavy atom. The second-order valence-electron chi connectivity index (χ2n) is 8.66. The van der Waals surface area contributed by atoms with Crippen molar-refractivity contribution in [3.63, 3.8) is 0 Å². The largest absolute Gasteiger partial charge is 0.419 e. The van der Waals surface area contributed by atoms with Crippen LogP contribution >= 0.6 is 0 Å². The molecule has 0 aliphatic carbocycles. The summed E-state index contributed by atoms with van der Waals surface area (Å²) in [5.74, 6) is -1.86. The Hall–Kier alpha value is -4.00. The van der Waals surface area contributed by atoms with Gasteiger partial charge in [-0.15, -0.1) is 0 Å². The van der Waals surface area contributed by atoms with Crippen LogP contribution in [-0.2, 0) is 17.5 Å². The Morgan fingerprint density at radius 2 is 1.64 bits per heavy atom. The highest BCUT2D eigenvalue weighted by molar-refractivity contribution is 6.22. The monoisotopic (exact) mass is 502 g/mol. The van der Waals surface area contributed by atoms with Crippen LogP contribution in [0.3, 0.4) is 0 Å². The van der Waals surface area contributed by atoms with Gasteiger partial charge in [0.25, 0.3) is 11.8 Å². The Kier molecular flexibility index (Phi) is 5.86. The van der Waals surface area contributed by atoms with E-state index < -0.39 is 35.5 Å². The highest BCUT2D eigenvalue weighted by Gasteiger charge is 2.43. The summed E-state index contributed by atoms with van der Waals surface area (Å²) in [5.41, 5.74) is 0.297. The Bertz CT molecular complexity index is 1260. The standard InChI is InChI=1S/C23H21F3N6O4/c24-23(25,26)17-2-1-6-27-19(17)30-10-8-29(9-11-30)13-14-3-4-15-16(12-14)21(35)32(20(15)34)31-7-5-18(33)28-22(31)36/h1-4,6,12H,5,7-11,13H2,(H,28,33,36). The molecule has 2 fully saturated rings. The fraction of sp³-hybridized carbons (Fsp3) is 0.348. The third-order valence-electron chi connectivity index (χ3n) is 6.37. The molecule has 2 aromatic rings. The summed E-state index contributed by atoms with van der Waals surface area (Å²) in [6.07, 6.45) is -3.18. The number of carbonyl (C=O) groups excluding carboxylic acids is 4. The molecule has 5 rings (SSSR count). The number of hydrazine groups is 1. The fourth-order valence-corrected chi connectivity index (χ4v) is 4.59.